The lowest BCUT2D eigenvalue weighted by atomic mass is 10.1. The zero-order valence-corrected chi connectivity index (χ0v) is 16.6. The van der Waals surface area contributed by atoms with Crippen molar-refractivity contribution in [2.75, 3.05) is 20.2 Å². The Bertz CT molecular complexity index is 984. The number of aromatic nitrogens is 3. The van der Waals surface area contributed by atoms with Gasteiger partial charge in [0.15, 0.2) is 11.6 Å². The van der Waals surface area contributed by atoms with Gasteiger partial charge in [-0.1, -0.05) is 18.2 Å². The van der Waals surface area contributed by atoms with Crippen molar-refractivity contribution in [3.05, 3.63) is 54.1 Å². The van der Waals surface area contributed by atoms with E-state index in [1.54, 1.807) is 7.11 Å². The van der Waals surface area contributed by atoms with Crippen LogP contribution in [-0.2, 0) is 16.1 Å². The van der Waals surface area contributed by atoms with Gasteiger partial charge in [-0.15, -0.1) is 0 Å². The number of nitrogens with zero attached hydrogens (tertiary/aromatic N) is 3. The van der Waals surface area contributed by atoms with Gasteiger partial charge >= 0.3 is 5.97 Å². The molecule has 3 aromatic rings. The molecule has 1 aliphatic heterocycles. The van der Waals surface area contributed by atoms with Crippen molar-refractivity contribution in [1.82, 2.24) is 20.1 Å². The topological polar surface area (TPSA) is 80.3 Å². The molecule has 0 bridgehead atoms. The van der Waals surface area contributed by atoms with Crippen LogP contribution >= 0.6 is 0 Å². The maximum absolute atomic E-state index is 11.1. The largest absolute Gasteiger partial charge is 0.497 e. The van der Waals surface area contributed by atoms with E-state index in [2.05, 4.69) is 32.2 Å². The fourth-order valence-corrected chi connectivity index (χ4v) is 3.61. The molecular weight excluding hydrogens is 368 g/mol. The second-order valence-corrected chi connectivity index (χ2v) is 7.19. The Morgan fingerprint density at radius 1 is 1.21 bits per heavy atom. The maximum atomic E-state index is 11.1. The van der Waals surface area contributed by atoms with Crippen molar-refractivity contribution in [3.8, 4) is 28.5 Å². The van der Waals surface area contributed by atoms with Gasteiger partial charge in [-0.25, -0.2) is 4.98 Å². The quantitative estimate of drug-likeness (QED) is 0.649. The smallest absolute Gasteiger partial charge is 0.302 e. The molecule has 0 aliphatic carbocycles. The van der Waals surface area contributed by atoms with E-state index in [9.17, 15) is 4.79 Å². The first-order valence-electron chi connectivity index (χ1n) is 9.66. The highest BCUT2D eigenvalue weighted by Crippen LogP contribution is 2.24. The molecule has 0 spiro atoms. The molecule has 0 saturated carbocycles. The number of hydrogen-bond acceptors (Lipinski definition) is 6. The molecule has 1 unspecified atom stereocenters. The van der Waals surface area contributed by atoms with Gasteiger partial charge in [0, 0.05) is 37.7 Å². The van der Waals surface area contributed by atoms with E-state index in [1.807, 2.05) is 36.4 Å². The Morgan fingerprint density at radius 3 is 2.79 bits per heavy atom. The van der Waals surface area contributed by atoms with Gasteiger partial charge in [-0.2, -0.15) is 5.10 Å². The molecule has 7 nitrogen and oxygen atoms in total. The van der Waals surface area contributed by atoms with Gasteiger partial charge in [-0.3, -0.25) is 14.8 Å². The Morgan fingerprint density at radius 2 is 2.03 bits per heavy atom. The Labute approximate surface area is 169 Å². The van der Waals surface area contributed by atoms with Gasteiger partial charge in [0.25, 0.3) is 0 Å². The van der Waals surface area contributed by atoms with Crippen LogP contribution in [0, 0.1) is 0 Å². The fourth-order valence-electron chi connectivity index (χ4n) is 3.61. The number of likely N-dealkylation sites (tertiary alicyclic amines) is 1. The number of benzene rings is 2. The predicted molar refractivity (Wildman–Crippen MR) is 109 cm³/mol. The SMILES string of the molecule is COc1ccc(-c2nc(-c3cccc(CN4CCC(OC(C)=O)C4)c3)n[nH]2)cc1. The summed E-state index contributed by atoms with van der Waals surface area (Å²) in [6.07, 6.45) is 0.876. The first-order valence-corrected chi connectivity index (χ1v) is 9.66. The molecule has 2 heterocycles. The summed E-state index contributed by atoms with van der Waals surface area (Å²) in [5.41, 5.74) is 3.10. The van der Waals surface area contributed by atoms with E-state index in [4.69, 9.17) is 9.47 Å². The van der Waals surface area contributed by atoms with Gasteiger partial charge in [0.1, 0.15) is 11.9 Å². The summed E-state index contributed by atoms with van der Waals surface area (Å²) in [5, 5.41) is 7.40. The lowest BCUT2D eigenvalue weighted by Crippen LogP contribution is -2.24. The van der Waals surface area contributed by atoms with Gasteiger partial charge in [0.2, 0.25) is 0 Å². The van der Waals surface area contributed by atoms with Crippen LogP contribution in [0.3, 0.4) is 0 Å². The predicted octanol–water partition coefficient (Wildman–Crippen LogP) is 3.28. The monoisotopic (exact) mass is 392 g/mol. The number of rotatable bonds is 6. The van der Waals surface area contributed by atoms with Crippen LogP contribution in [0.5, 0.6) is 5.75 Å². The molecule has 1 aromatic heterocycles. The van der Waals surface area contributed by atoms with Crippen molar-refractivity contribution in [2.45, 2.75) is 26.0 Å². The maximum Gasteiger partial charge on any atom is 0.302 e. The summed E-state index contributed by atoms with van der Waals surface area (Å²) < 4.78 is 10.5. The Balaban J connectivity index is 1.45. The van der Waals surface area contributed by atoms with Crippen LogP contribution in [0.25, 0.3) is 22.8 Å². The molecule has 7 heteroatoms. The highest BCUT2D eigenvalue weighted by Gasteiger charge is 2.24. The molecule has 0 amide bonds. The van der Waals surface area contributed by atoms with Crippen LogP contribution in [0.15, 0.2) is 48.5 Å². The van der Waals surface area contributed by atoms with Gasteiger partial charge in [-0.05, 0) is 42.3 Å². The van der Waals surface area contributed by atoms with E-state index >= 15 is 0 Å². The van der Waals surface area contributed by atoms with Gasteiger partial charge < -0.3 is 9.47 Å². The molecular formula is C22H24N4O3. The Hall–Kier alpha value is -3.19. The summed E-state index contributed by atoms with van der Waals surface area (Å²) in [7, 11) is 1.65. The minimum absolute atomic E-state index is 0.00394. The highest BCUT2D eigenvalue weighted by molar-refractivity contribution is 5.66. The molecule has 150 valence electrons. The van der Waals surface area contributed by atoms with E-state index in [-0.39, 0.29) is 12.1 Å². The first kappa shape index (κ1) is 19.1. The average molecular weight is 392 g/mol. The molecule has 2 aromatic carbocycles. The fraction of sp³-hybridized carbons (Fsp3) is 0.318. The van der Waals surface area contributed by atoms with Crippen molar-refractivity contribution in [2.24, 2.45) is 0 Å². The zero-order valence-electron chi connectivity index (χ0n) is 16.6. The highest BCUT2D eigenvalue weighted by atomic mass is 16.5. The van der Waals surface area contributed by atoms with Gasteiger partial charge in [0.05, 0.1) is 7.11 Å². The number of ether oxygens (including phenoxy) is 2. The molecule has 1 saturated heterocycles. The number of carbonyl (C=O) groups is 1. The summed E-state index contributed by atoms with van der Waals surface area (Å²) in [4.78, 5) is 18.1. The summed E-state index contributed by atoms with van der Waals surface area (Å²) in [6, 6.07) is 15.9. The number of nitrogens with one attached hydrogen (secondary N) is 1. The lowest BCUT2D eigenvalue weighted by Gasteiger charge is -2.16. The molecule has 29 heavy (non-hydrogen) atoms. The second-order valence-electron chi connectivity index (χ2n) is 7.19. The first-order chi connectivity index (χ1) is 14.1. The third kappa shape index (κ3) is 4.63. The van der Waals surface area contributed by atoms with E-state index < -0.39 is 0 Å². The minimum atomic E-state index is -0.212. The van der Waals surface area contributed by atoms with Crippen molar-refractivity contribution >= 4 is 5.97 Å². The molecule has 0 radical (unpaired) electrons. The van der Waals surface area contributed by atoms with Crippen molar-refractivity contribution in [3.63, 3.8) is 0 Å². The number of hydrogen-bond donors (Lipinski definition) is 1. The number of carbonyl (C=O) groups excluding carboxylic acids is 1. The third-order valence-corrected chi connectivity index (χ3v) is 5.00. The summed E-state index contributed by atoms with van der Waals surface area (Å²) in [5.74, 6) is 1.98. The normalized spacial score (nSPS) is 16.7. The van der Waals surface area contributed by atoms with E-state index in [0.717, 1.165) is 48.8 Å². The molecule has 1 N–H and O–H groups in total. The van der Waals surface area contributed by atoms with Crippen molar-refractivity contribution < 1.29 is 14.3 Å². The average Bonchev–Trinajstić information content (AvgIpc) is 3.38. The van der Waals surface area contributed by atoms with Crippen LogP contribution < -0.4 is 4.74 Å². The Kier molecular flexibility index (Phi) is 5.57. The van der Waals surface area contributed by atoms with Crippen LogP contribution in [-0.4, -0.2) is 52.4 Å². The standard InChI is InChI=1S/C22H24N4O3/c1-15(27)29-20-10-11-26(14-20)13-16-4-3-5-18(12-16)22-23-21(24-25-22)17-6-8-19(28-2)9-7-17/h3-9,12,20H,10-11,13-14H2,1-2H3,(H,23,24,25). The number of aromatic amines is 1. The third-order valence-electron chi connectivity index (χ3n) is 5.00. The summed E-state index contributed by atoms with van der Waals surface area (Å²) in [6.45, 7) is 3.96. The van der Waals surface area contributed by atoms with Crippen LogP contribution in [0.2, 0.25) is 0 Å². The van der Waals surface area contributed by atoms with Crippen LogP contribution in [0.1, 0.15) is 18.9 Å². The summed E-state index contributed by atoms with van der Waals surface area (Å²) >= 11 is 0. The van der Waals surface area contributed by atoms with Crippen molar-refractivity contribution in [1.29, 1.82) is 0 Å². The number of esters is 1. The number of H-pyrrole nitrogens is 1. The lowest BCUT2D eigenvalue weighted by molar-refractivity contribution is -0.145. The van der Waals surface area contributed by atoms with E-state index in [0.29, 0.717) is 5.82 Å². The van der Waals surface area contributed by atoms with E-state index in [1.165, 1.54) is 12.5 Å². The molecule has 1 atom stereocenters. The van der Waals surface area contributed by atoms with Crippen LogP contribution in [0.4, 0.5) is 0 Å². The minimum Gasteiger partial charge on any atom is -0.497 e. The second kappa shape index (κ2) is 8.45. The molecule has 4 rings (SSSR count). The zero-order chi connectivity index (χ0) is 20.2. The molecule has 1 aliphatic rings. The number of methoxy groups -OCH3 is 1. The molecule has 1 fully saturated rings.